The molecule has 0 atom stereocenters. The number of rotatable bonds is 0. The first-order valence-electron chi connectivity index (χ1n) is 16.3. The third kappa shape index (κ3) is 13.5. The summed E-state index contributed by atoms with van der Waals surface area (Å²) in [5, 5.41) is 8.19. The number of ether oxygens (including phenoxy) is 1. The van der Waals surface area contributed by atoms with Crippen molar-refractivity contribution in [1.29, 1.82) is 5.26 Å². The van der Waals surface area contributed by atoms with Crippen LogP contribution in [0.1, 0.15) is 135 Å². The van der Waals surface area contributed by atoms with Gasteiger partial charge in [-0.25, -0.2) is 14.4 Å². The number of carbonyl (C=O) groups excluding carboxylic acids is 2. The van der Waals surface area contributed by atoms with Crippen LogP contribution in [-0.4, -0.2) is 29.7 Å². The van der Waals surface area contributed by atoms with E-state index in [4.69, 9.17) is 11.8 Å². The summed E-state index contributed by atoms with van der Waals surface area (Å²) in [6, 6.07) is 1.88. The molecule has 0 saturated carbocycles. The molecule has 280 valence electrons. The van der Waals surface area contributed by atoms with E-state index in [0.717, 1.165) is 0 Å². The molecule has 1 aliphatic heterocycles. The Hall–Kier alpha value is -3.86. The Bertz CT molecular complexity index is 1400. The lowest BCUT2D eigenvalue weighted by molar-refractivity contribution is -0.264. The van der Waals surface area contributed by atoms with Crippen LogP contribution in [0.25, 0.3) is 4.85 Å². The quantitative estimate of drug-likeness (QED) is 0.0626. The molecule has 0 unspecified atom stereocenters. The van der Waals surface area contributed by atoms with Gasteiger partial charge in [-0.05, 0) is 135 Å². The van der Waals surface area contributed by atoms with Crippen LogP contribution in [-0.2, 0) is 14.3 Å². The highest BCUT2D eigenvalue weighted by Crippen LogP contribution is 2.58. The third-order valence-electron chi connectivity index (χ3n) is 9.20. The fourth-order valence-corrected chi connectivity index (χ4v) is 3.94. The van der Waals surface area contributed by atoms with Gasteiger partial charge in [0.2, 0.25) is 0 Å². The number of cyclic esters (lactones) is 2. The van der Waals surface area contributed by atoms with E-state index >= 15 is 0 Å². The standard InChI is InChI=1S/C7H6F6.2C7H12.C6H6N2.C6H6O3.C6H12/c1-3-4(2)6(10,11)7(12,13)5(3,8)9;2*1-6-4-3-5-7(6)2;1-5(4-7)6(2)8-3;1-3-4(2)6(8)9-5(3)7;1-5(2)6(3)4/h1-2H3;2*3-5H2,1-2H3;1-2H3;1-2H3;1-4H3/b;;;6-5-;;. The first-order valence-corrected chi connectivity index (χ1v) is 16.3. The molecule has 5 nitrogen and oxygen atoms in total. The molecule has 11 heteroatoms. The van der Waals surface area contributed by atoms with Crippen molar-refractivity contribution in [3.63, 3.8) is 0 Å². The Labute approximate surface area is 295 Å². The lowest BCUT2D eigenvalue weighted by Gasteiger charge is -2.24. The molecule has 0 amide bonds. The molecule has 3 aliphatic carbocycles. The largest absolute Gasteiger partial charge is 0.386 e. The van der Waals surface area contributed by atoms with Crippen LogP contribution in [0, 0.1) is 17.9 Å². The zero-order chi connectivity index (χ0) is 39.9. The second-order valence-corrected chi connectivity index (χ2v) is 13.2. The van der Waals surface area contributed by atoms with E-state index in [1.54, 1.807) is 50.0 Å². The molecule has 50 heavy (non-hydrogen) atoms. The van der Waals surface area contributed by atoms with Gasteiger partial charge in [-0.15, -0.1) is 0 Å². The van der Waals surface area contributed by atoms with Crippen molar-refractivity contribution in [1.82, 2.24) is 0 Å². The number of hydrogen-bond donors (Lipinski definition) is 0. The van der Waals surface area contributed by atoms with Crippen LogP contribution in [0.2, 0.25) is 0 Å². The highest BCUT2D eigenvalue weighted by Gasteiger charge is 2.78. The van der Waals surface area contributed by atoms with E-state index < -0.39 is 40.9 Å². The number of halogens is 6. The van der Waals surface area contributed by atoms with Gasteiger partial charge < -0.3 is 4.74 Å². The fraction of sp³-hybridized carbons (Fsp3) is 0.590. The van der Waals surface area contributed by atoms with Crippen molar-refractivity contribution in [2.75, 3.05) is 0 Å². The predicted octanol–water partition coefficient (Wildman–Crippen LogP) is 12.7. The molecule has 0 aromatic heterocycles. The van der Waals surface area contributed by atoms with Crippen LogP contribution in [0.3, 0.4) is 0 Å². The molecule has 4 aliphatic rings. The molecule has 0 aromatic carbocycles. The molecule has 0 spiro atoms. The average Bonchev–Trinajstić information content (AvgIpc) is 3.70. The molecular formula is C39H54F6N2O3. The minimum absolute atomic E-state index is 0.417. The van der Waals surface area contributed by atoms with Crippen LogP contribution in [0.4, 0.5) is 26.3 Å². The fourth-order valence-electron chi connectivity index (χ4n) is 3.94. The summed E-state index contributed by atoms with van der Waals surface area (Å²) < 4.78 is 79.4. The summed E-state index contributed by atoms with van der Waals surface area (Å²) in [7, 11) is 0. The smallest absolute Gasteiger partial charge is 0.379 e. The van der Waals surface area contributed by atoms with Crippen molar-refractivity contribution in [2.24, 2.45) is 0 Å². The molecule has 1 heterocycles. The van der Waals surface area contributed by atoms with E-state index in [9.17, 15) is 35.9 Å². The van der Waals surface area contributed by atoms with Crippen LogP contribution >= 0.6 is 0 Å². The van der Waals surface area contributed by atoms with Gasteiger partial charge in [0.25, 0.3) is 0 Å². The Morgan fingerprint density at radius 3 is 1.00 bits per heavy atom. The first kappa shape index (κ1) is 48.3. The summed E-state index contributed by atoms with van der Waals surface area (Å²) >= 11 is 0. The maximum absolute atomic E-state index is 12.6. The van der Waals surface area contributed by atoms with Crippen molar-refractivity contribution in [3.05, 3.63) is 78.4 Å². The first-order chi connectivity index (χ1) is 22.7. The topological polar surface area (TPSA) is 71.5 Å². The second-order valence-electron chi connectivity index (χ2n) is 13.2. The van der Waals surface area contributed by atoms with Gasteiger partial charge in [-0.2, -0.15) is 31.6 Å². The molecule has 4 rings (SSSR count). The molecule has 0 N–H and O–H groups in total. The van der Waals surface area contributed by atoms with Crippen LogP contribution < -0.4 is 0 Å². The number of esters is 2. The van der Waals surface area contributed by atoms with Gasteiger partial charge in [0.05, 0.1) is 12.6 Å². The highest BCUT2D eigenvalue weighted by molar-refractivity contribution is 6.11. The highest BCUT2D eigenvalue weighted by atomic mass is 19.3. The second kappa shape index (κ2) is 20.7. The monoisotopic (exact) mass is 712 g/mol. The Morgan fingerprint density at radius 2 is 0.920 bits per heavy atom. The summed E-state index contributed by atoms with van der Waals surface area (Å²) in [6.45, 7) is 31.5. The van der Waals surface area contributed by atoms with Crippen molar-refractivity contribution in [3.8, 4) is 6.07 Å². The van der Waals surface area contributed by atoms with Gasteiger partial charge >= 0.3 is 29.7 Å². The minimum atomic E-state index is -5.31. The molecule has 0 saturated heterocycles. The summed E-state index contributed by atoms with van der Waals surface area (Å²) in [6.07, 6.45) is 8.21. The van der Waals surface area contributed by atoms with Crippen LogP contribution in [0.5, 0.6) is 0 Å². The minimum Gasteiger partial charge on any atom is -0.386 e. The van der Waals surface area contributed by atoms with E-state index in [-0.39, 0.29) is 0 Å². The lowest BCUT2D eigenvalue weighted by Crippen LogP contribution is -2.48. The average molecular weight is 713 g/mol. The van der Waals surface area contributed by atoms with Gasteiger partial charge in [-0.1, -0.05) is 33.4 Å². The SMILES string of the molecule is CC(C)=C(C)C.CC1=C(C)C(=O)OC1=O.CC1=C(C)C(F)(F)C(F)(F)C1(F)F.CC1=C(C)CCC1.CC1=C(C)CCC1.[C-]#[N+]/C(C)=C(/C)C#N. The Morgan fingerprint density at radius 1 is 0.640 bits per heavy atom. The lowest BCUT2D eigenvalue weighted by atomic mass is 10.1. The third-order valence-corrected chi connectivity index (χ3v) is 9.20. The van der Waals surface area contributed by atoms with Crippen molar-refractivity contribution in [2.45, 2.75) is 153 Å². The number of carbonyl (C=O) groups is 2. The number of nitrogens with zero attached hydrogens (tertiary/aromatic N) is 2. The predicted molar refractivity (Wildman–Crippen MR) is 187 cm³/mol. The Balaban J connectivity index is 0. The zero-order valence-corrected chi connectivity index (χ0v) is 32.1. The van der Waals surface area contributed by atoms with Gasteiger partial charge in [-0.3, -0.25) is 0 Å². The van der Waals surface area contributed by atoms with Gasteiger partial charge in [0.1, 0.15) is 0 Å². The molecule has 0 aromatic rings. The van der Waals surface area contributed by atoms with Crippen molar-refractivity contribution < 1.29 is 40.7 Å². The molecule has 0 bridgehead atoms. The number of hydrogen-bond acceptors (Lipinski definition) is 4. The summed E-state index contributed by atoms with van der Waals surface area (Å²) in [5.41, 5.74) is 8.67. The van der Waals surface area contributed by atoms with Crippen molar-refractivity contribution >= 4 is 11.9 Å². The van der Waals surface area contributed by atoms with E-state index in [1.807, 2.05) is 6.07 Å². The van der Waals surface area contributed by atoms with E-state index in [2.05, 4.69) is 65.0 Å². The number of alkyl halides is 6. The number of nitriles is 1. The summed E-state index contributed by atoms with van der Waals surface area (Å²) in [5.74, 6) is -15.8. The normalized spacial score (nSPS) is 19.8. The maximum Gasteiger partial charge on any atom is 0.379 e. The zero-order valence-electron chi connectivity index (χ0n) is 32.1. The molecule has 0 radical (unpaired) electrons. The van der Waals surface area contributed by atoms with E-state index in [0.29, 0.717) is 36.3 Å². The van der Waals surface area contributed by atoms with Crippen LogP contribution in [0.15, 0.2) is 67.0 Å². The summed E-state index contributed by atoms with van der Waals surface area (Å²) in [4.78, 5) is 24.1. The molecule has 0 fully saturated rings. The molecular weight excluding hydrogens is 658 g/mol. The number of allylic oxidation sites excluding steroid dienone is 10. The van der Waals surface area contributed by atoms with E-state index in [1.165, 1.54) is 49.7 Å². The Kier molecular flexibility index (Phi) is 20.0. The van der Waals surface area contributed by atoms with Gasteiger partial charge in [0.15, 0.2) is 5.70 Å². The van der Waals surface area contributed by atoms with Gasteiger partial charge in [0, 0.05) is 27.9 Å². The maximum atomic E-state index is 12.6.